The number of nitrogens with zero attached hydrogens (tertiary/aromatic N) is 1. The molecule has 1 unspecified atom stereocenters. The molecule has 1 aliphatic rings. The van der Waals surface area contributed by atoms with E-state index in [9.17, 15) is 9.59 Å². The van der Waals surface area contributed by atoms with Gasteiger partial charge in [0.25, 0.3) is 5.91 Å². The molecule has 23 heavy (non-hydrogen) atoms. The Hall–Kier alpha value is -1.85. The van der Waals surface area contributed by atoms with Crippen molar-refractivity contribution < 1.29 is 4.79 Å². The average Bonchev–Trinajstić information content (AvgIpc) is 2.82. The minimum Gasteiger partial charge on any atom is -0.339 e. The minimum absolute atomic E-state index is 0. The Morgan fingerprint density at radius 2 is 2.00 bits per heavy atom. The number of carbonyl (C=O) groups excluding carboxylic acids is 1. The lowest BCUT2D eigenvalue weighted by atomic mass is 10.0. The fraction of sp³-hybridized carbons (Fsp3) is 0.412. The van der Waals surface area contributed by atoms with Gasteiger partial charge in [-0.1, -0.05) is 18.2 Å². The maximum atomic E-state index is 12.9. The summed E-state index contributed by atoms with van der Waals surface area (Å²) in [5, 5.41) is 4.15. The molecular formula is C17H22ClN3O2. The van der Waals surface area contributed by atoms with Crippen LogP contribution in [0.15, 0.2) is 35.1 Å². The van der Waals surface area contributed by atoms with Crippen molar-refractivity contribution >= 4 is 29.2 Å². The number of halogens is 1. The standard InChI is InChI=1S/C17H21N3O2.ClH/c1-20(12-5-4-9-18-10-8-12)17(22)14-11-16(21)19-15-7-3-2-6-13(14)15;/h2-3,6-7,11-12,18H,4-5,8-10H2,1H3,(H,19,21);1H. The van der Waals surface area contributed by atoms with E-state index in [2.05, 4.69) is 10.3 Å². The third kappa shape index (κ3) is 3.74. The number of nitrogens with one attached hydrogen (secondary N) is 2. The molecule has 6 heteroatoms. The summed E-state index contributed by atoms with van der Waals surface area (Å²) in [5.74, 6) is -0.0748. The van der Waals surface area contributed by atoms with Crippen molar-refractivity contribution in [3.63, 3.8) is 0 Å². The summed E-state index contributed by atoms with van der Waals surface area (Å²) in [6.07, 6.45) is 3.01. The number of fused-ring (bicyclic) bond motifs is 1. The summed E-state index contributed by atoms with van der Waals surface area (Å²) in [6, 6.07) is 9.07. The monoisotopic (exact) mass is 335 g/mol. The zero-order chi connectivity index (χ0) is 15.5. The van der Waals surface area contributed by atoms with Crippen molar-refractivity contribution in [1.29, 1.82) is 0 Å². The topological polar surface area (TPSA) is 65.2 Å². The van der Waals surface area contributed by atoms with Crippen LogP contribution in [0.25, 0.3) is 10.9 Å². The summed E-state index contributed by atoms with van der Waals surface area (Å²) in [4.78, 5) is 29.3. The van der Waals surface area contributed by atoms with Crippen LogP contribution in [0.1, 0.15) is 29.6 Å². The molecule has 5 nitrogen and oxygen atoms in total. The molecule has 1 saturated heterocycles. The van der Waals surface area contributed by atoms with E-state index in [4.69, 9.17) is 0 Å². The van der Waals surface area contributed by atoms with Crippen LogP contribution in [0.3, 0.4) is 0 Å². The van der Waals surface area contributed by atoms with E-state index in [0.29, 0.717) is 11.1 Å². The van der Waals surface area contributed by atoms with Gasteiger partial charge < -0.3 is 15.2 Å². The average molecular weight is 336 g/mol. The van der Waals surface area contributed by atoms with Crippen LogP contribution in [0, 0.1) is 0 Å². The Balaban J connectivity index is 0.00000192. The Bertz CT molecular complexity index is 736. The molecule has 2 N–H and O–H groups in total. The highest BCUT2D eigenvalue weighted by Crippen LogP contribution is 2.19. The largest absolute Gasteiger partial charge is 0.339 e. The van der Waals surface area contributed by atoms with Crippen molar-refractivity contribution in [3.8, 4) is 0 Å². The lowest BCUT2D eigenvalue weighted by Crippen LogP contribution is -2.38. The Morgan fingerprint density at radius 1 is 1.22 bits per heavy atom. The quantitative estimate of drug-likeness (QED) is 0.884. The van der Waals surface area contributed by atoms with E-state index in [1.165, 1.54) is 6.07 Å². The van der Waals surface area contributed by atoms with Gasteiger partial charge in [0.15, 0.2) is 0 Å². The molecule has 2 aromatic rings. The fourth-order valence-corrected chi connectivity index (χ4v) is 3.13. The van der Waals surface area contributed by atoms with Crippen LogP contribution in [0.4, 0.5) is 0 Å². The molecule has 0 aliphatic carbocycles. The number of carbonyl (C=O) groups is 1. The molecule has 0 spiro atoms. The zero-order valence-corrected chi connectivity index (χ0v) is 14.0. The molecular weight excluding hydrogens is 314 g/mol. The first-order valence-corrected chi connectivity index (χ1v) is 7.77. The first kappa shape index (κ1) is 17.5. The minimum atomic E-state index is -0.238. The lowest BCUT2D eigenvalue weighted by Gasteiger charge is -2.27. The van der Waals surface area contributed by atoms with Crippen LogP contribution in [0.2, 0.25) is 0 Å². The van der Waals surface area contributed by atoms with Crippen LogP contribution in [0.5, 0.6) is 0 Å². The molecule has 124 valence electrons. The summed E-state index contributed by atoms with van der Waals surface area (Å²) >= 11 is 0. The maximum absolute atomic E-state index is 12.9. The third-order valence-electron chi connectivity index (χ3n) is 4.39. The summed E-state index contributed by atoms with van der Waals surface area (Å²) in [7, 11) is 1.84. The predicted molar refractivity (Wildman–Crippen MR) is 94.4 cm³/mol. The number of benzene rings is 1. The maximum Gasteiger partial charge on any atom is 0.254 e. The van der Waals surface area contributed by atoms with Gasteiger partial charge in [0.05, 0.1) is 5.56 Å². The molecule has 0 saturated carbocycles. The van der Waals surface area contributed by atoms with Crippen molar-refractivity contribution in [2.45, 2.75) is 25.3 Å². The van der Waals surface area contributed by atoms with Gasteiger partial charge in [0.2, 0.25) is 5.56 Å². The second kappa shape index (κ2) is 7.62. The molecule has 1 aromatic carbocycles. The van der Waals surface area contributed by atoms with Gasteiger partial charge in [-0.05, 0) is 38.4 Å². The predicted octanol–water partition coefficient (Wildman–Crippen LogP) is 2.16. The zero-order valence-electron chi connectivity index (χ0n) is 13.2. The number of hydrogen-bond acceptors (Lipinski definition) is 3. The second-order valence-corrected chi connectivity index (χ2v) is 5.84. The van der Waals surface area contributed by atoms with Gasteiger partial charge in [-0.3, -0.25) is 9.59 Å². The van der Waals surface area contributed by atoms with Crippen LogP contribution in [-0.2, 0) is 0 Å². The third-order valence-corrected chi connectivity index (χ3v) is 4.39. The number of H-pyrrole nitrogens is 1. The van der Waals surface area contributed by atoms with Crippen molar-refractivity contribution in [3.05, 3.63) is 46.2 Å². The number of hydrogen-bond donors (Lipinski definition) is 2. The SMILES string of the molecule is CN(C(=O)c1cc(=O)[nH]c2ccccc12)C1CCCNCC1.Cl. The number of aromatic amines is 1. The highest BCUT2D eigenvalue weighted by atomic mass is 35.5. The highest BCUT2D eigenvalue weighted by molar-refractivity contribution is 6.05. The Labute approximate surface area is 141 Å². The van der Waals surface area contributed by atoms with E-state index in [1.807, 2.05) is 31.3 Å². The first-order valence-electron chi connectivity index (χ1n) is 7.77. The summed E-state index contributed by atoms with van der Waals surface area (Å²) < 4.78 is 0. The smallest absolute Gasteiger partial charge is 0.254 e. The normalized spacial score (nSPS) is 18.0. The molecule has 3 rings (SSSR count). The van der Waals surface area contributed by atoms with E-state index < -0.39 is 0 Å². The highest BCUT2D eigenvalue weighted by Gasteiger charge is 2.23. The summed E-state index contributed by atoms with van der Waals surface area (Å²) in [6.45, 7) is 1.94. The van der Waals surface area contributed by atoms with Gasteiger partial charge in [0.1, 0.15) is 0 Å². The van der Waals surface area contributed by atoms with Crippen LogP contribution < -0.4 is 10.9 Å². The van der Waals surface area contributed by atoms with Crippen molar-refractivity contribution in [2.75, 3.05) is 20.1 Å². The van der Waals surface area contributed by atoms with Gasteiger partial charge in [-0.25, -0.2) is 0 Å². The van der Waals surface area contributed by atoms with Gasteiger partial charge in [-0.15, -0.1) is 12.4 Å². The van der Waals surface area contributed by atoms with E-state index in [-0.39, 0.29) is 29.9 Å². The summed E-state index contributed by atoms with van der Waals surface area (Å²) in [5.41, 5.74) is 0.950. The molecule has 2 heterocycles. The lowest BCUT2D eigenvalue weighted by molar-refractivity contribution is 0.0722. The Morgan fingerprint density at radius 3 is 2.83 bits per heavy atom. The number of amides is 1. The van der Waals surface area contributed by atoms with E-state index >= 15 is 0 Å². The van der Waals surface area contributed by atoms with Crippen LogP contribution >= 0.6 is 12.4 Å². The van der Waals surface area contributed by atoms with Gasteiger partial charge >= 0.3 is 0 Å². The van der Waals surface area contributed by atoms with Gasteiger partial charge in [-0.2, -0.15) is 0 Å². The first-order chi connectivity index (χ1) is 10.7. The molecule has 0 bridgehead atoms. The molecule has 1 amide bonds. The molecule has 1 atom stereocenters. The van der Waals surface area contributed by atoms with E-state index in [1.54, 1.807) is 4.90 Å². The van der Waals surface area contributed by atoms with E-state index in [0.717, 1.165) is 37.7 Å². The van der Waals surface area contributed by atoms with Crippen LogP contribution in [-0.4, -0.2) is 42.0 Å². The van der Waals surface area contributed by atoms with Crippen molar-refractivity contribution in [2.24, 2.45) is 0 Å². The molecule has 1 aromatic heterocycles. The number of rotatable bonds is 2. The number of para-hydroxylation sites is 1. The number of aromatic nitrogens is 1. The molecule has 1 fully saturated rings. The van der Waals surface area contributed by atoms with Crippen molar-refractivity contribution in [1.82, 2.24) is 15.2 Å². The molecule has 1 aliphatic heterocycles. The fourth-order valence-electron chi connectivity index (χ4n) is 3.13. The van der Waals surface area contributed by atoms with Gasteiger partial charge in [0, 0.05) is 30.1 Å². The number of pyridine rings is 1. The second-order valence-electron chi connectivity index (χ2n) is 5.84. The Kier molecular flexibility index (Phi) is 5.80. The molecule has 0 radical (unpaired) electrons.